The molecule has 96 valence electrons. The third-order valence-corrected chi connectivity index (χ3v) is 3.74. The number of rotatable bonds is 7. The van der Waals surface area contributed by atoms with Gasteiger partial charge in [0.2, 0.25) is 0 Å². The summed E-state index contributed by atoms with van der Waals surface area (Å²) in [5, 5.41) is 16.9. The molecule has 2 N–H and O–H groups in total. The van der Waals surface area contributed by atoms with Crippen LogP contribution in [0.5, 0.6) is 0 Å². The van der Waals surface area contributed by atoms with Crippen LogP contribution in [0, 0.1) is 5.41 Å². The molecule has 0 aliphatic heterocycles. The maximum Gasteiger partial charge on any atom is 0.0666 e. The van der Waals surface area contributed by atoms with Crippen molar-refractivity contribution in [2.75, 3.05) is 13.2 Å². The van der Waals surface area contributed by atoms with Crippen molar-refractivity contribution >= 4 is 0 Å². The molecule has 0 aromatic carbocycles. The van der Waals surface area contributed by atoms with Crippen molar-refractivity contribution in [3.8, 4) is 0 Å². The van der Waals surface area contributed by atoms with Crippen molar-refractivity contribution in [2.45, 2.75) is 39.2 Å². The van der Waals surface area contributed by atoms with E-state index in [1.165, 1.54) is 24.1 Å². The lowest BCUT2D eigenvalue weighted by atomic mass is 10.0. The predicted octanol–water partition coefficient (Wildman–Crippen LogP) is 1.23. The third-order valence-electron chi connectivity index (χ3n) is 3.74. The van der Waals surface area contributed by atoms with E-state index in [1.54, 1.807) is 0 Å². The van der Waals surface area contributed by atoms with E-state index in [1.807, 2.05) is 11.7 Å². The molecule has 4 heteroatoms. The molecule has 17 heavy (non-hydrogen) atoms. The number of aryl methyl sites for hydroxylation is 2. The fourth-order valence-electron chi connectivity index (χ4n) is 2.42. The zero-order valence-corrected chi connectivity index (χ0v) is 10.9. The minimum absolute atomic E-state index is 0.314. The van der Waals surface area contributed by atoms with Crippen LogP contribution >= 0.6 is 0 Å². The summed E-state index contributed by atoms with van der Waals surface area (Å²) in [5.74, 6) is 0. The van der Waals surface area contributed by atoms with Crippen LogP contribution in [0.1, 0.15) is 37.4 Å². The molecule has 1 heterocycles. The maximum atomic E-state index is 9.00. The number of nitrogens with zero attached hydrogens (tertiary/aromatic N) is 2. The molecule has 4 nitrogen and oxygen atoms in total. The highest BCUT2D eigenvalue weighted by Gasteiger charge is 2.41. The SMILES string of the molecule is CCc1nn(C)cc1CNCC1(CCO)CC1. The molecule has 0 amide bonds. The van der Waals surface area contributed by atoms with E-state index < -0.39 is 0 Å². The number of hydrogen-bond acceptors (Lipinski definition) is 3. The van der Waals surface area contributed by atoms with Crippen LogP contribution in [0.15, 0.2) is 6.20 Å². The summed E-state index contributed by atoms with van der Waals surface area (Å²) in [7, 11) is 1.97. The van der Waals surface area contributed by atoms with Gasteiger partial charge in [0.25, 0.3) is 0 Å². The summed E-state index contributed by atoms with van der Waals surface area (Å²) < 4.78 is 1.89. The Hall–Kier alpha value is -0.870. The van der Waals surface area contributed by atoms with Crippen LogP contribution in [0.3, 0.4) is 0 Å². The Kier molecular flexibility index (Phi) is 3.84. The number of aromatic nitrogens is 2. The first-order valence-electron chi connectivity index (χ1n) is 6.52. The number of aliphatic hydroxyl groups excluding tert-OH is 1. The Balaban J connectivity index is 1.81. The maximum absolute atomic E-state index is 9.00. The van der Waals surface area contributed by atoms with Gasteiger partial charge < -0.3 is 10.4 Å². The molecule has 1 saturated carbocycles. The quantitative estimate of drug-likeness (QED) is 0.750. The molecular formula is C13H23N3O. The van der Waals surface area contributed by atoms with Crippen molar-refractivity contribution in [1.29, 1.82) is 0 Å². The van der Waals surface area contributed by atoms with Gasteiger partial charge in [-0.3, -0.25) is 4.68 Å². The average Bonchev–Trinajstić information content (AvgIpc) is 2.96. The molecule has 0 unspecified atom stereocenters. The molecule has 0 radical (unpaired) electrons. The van der Waals surface area contributed by atoms with E-state index in [4.69, 9.17) is 5.11 Å². The van der Waals surface area contributed by atoms with Crippen molar-refractivity contribution in [3.63, 3.8) is 0 Å². The highest BCUT2D eigenvalue weighted by molar-refractivity contribution is 5.16. The van der Waals surface area contributed by atoms with Gasteiger partial charge in [-0.15, -0.1) is 0 Å². The average molecular weight is 237 g/mol. The monoisotopic (exact) mass is 237 g/mol. The van der Waals surface area contributed by atoms with Gasteiger partial charge in [0, 0.05) is 38.5 Å². The highest BCUT2D eigenvalue weighted by Crippen LogP contribution is 2.47. The summed E-state index contributed by atoms with van der Waals surface area (Å²) in [4.78, 5) is 0. The first-order valence-corrected chi connectivity index (χ1v) is 6.52. The highest BCUT2D eigenvalue weighted by atomic mass is 16.3. The molecule has 1 aromatic rings. The number of aliphatic hydroxyl groups is 1. The minimum Gasteiger partial charge on any atom is -0.396 e. The van der Waals surface area contributed by atoms with E-state index in [2.05, 4.69) is 23.5 Å². The van der Waals surface area contributed by atoms with Gasteiger partial charge in [0.05, 0.1) is 5.69 Å². The van der Waals surface area contributed by atoms with Gasteiger partial charge >= 0.3 is 0 Å². The Morgan fingerprint density at radius 3 is 2.88 bits per heavy atom. The summed E-state index contributed by atoms with van der Waals surface area (Å²) in [6.45, 7) is 4.37. The lowest BCUT2D eigenvalue weighted by Gasteiger charge is -2.14. The summed E-state index contributed by atoms with van der Waals surface area (Å²) in [6.07, 6.45) is 6.53. The zero-order valence-electron chi connectivity index (χ0n) is 10.9. The molecule has 2 rings (SSSR count). The standard InChI is InChI=1S/C13H23N3O/c1-3-12-11(9-16(2)15-12)8-14-10-13(4-5-13)6-7-17/h9,14,17H,3-8,10H2,1-2H3. The molecule has 0 bridgehead atoms. The molecular weight excluding hydrogens is 214 g/mol. The van der Waals surface area contributed by atoms with Crippen molar-refractivity contribution in [1.82, 2.24) is 15.1 Å². The molecule has 0 atom stereocenters. The zero-order chi connectivity index (χ0) is 12.3. The van der Waals surface area contributed by atoms with Gasteiger partial charge in [-0.2, -0.15) is 5.10 Å². The van der Waals surface area contributed by atoms with Crippen LogP contribution in [-0.2, 0) is 20.0 Å². The van der Waals surface area contributed by atoms with Gasteiger partial charge in [-0.1, -0.05) is 6.92 Å². The lowest BCUT2D eigenvalue weighted by molar-refractivity contribution is 0.245. The third kappa shape index (κ3) is 3.07. The second kappa shape index (κ2) is 5.19. The van der Waals surface area contributed by atoms with Crippen molar-refractivity contribution in [3.05, 3.63) is 17.5 Å². The molecule has 1 aliphatic rings. The minimum atomic E-state index is 0.314. The molecule has 0 spiro atoms. The van der Waals surface area contributed by atoms with Crippen LogP contribution in [0.4, 0.5) is 0 Å². The first kappa shape index (κ1) is 12.6. The lowest BCUT2D eigenvalue weighted by Crippen LogP contribution is -2.24. The van der Waals surface area contributed by atoms with Crippen LogP contribution in [0.25, 0.3) is 0 Å². The van der Waals surface area contributed by atoms with E-state index in [9.17, 15) is 0 Å². The van der Waals surface area contributed by atoms with Crippen molar-refractivity contribution < 1.29 is 5.11 Å². The second-order valence-electron chi connectivity index (χ2n) is 5.21. The number of nitrogens with one attached hydrogen (secondary N) is 1. The second-order valence-corrected chi connectivity index (χ2v) is 5.21. The smallest absolute Gasteiger partial charge is 0.0666 e. The summed E-state index contributed by atoms with van der Waals surface area (Å²) in [6, 6.07) is 0. The van der Waals surface area contributed by atoms with Crippen LogP contribution in [-0.4, -0.2) is 28.0 Å². The topological polar surface area (TPSA) is 50.1 Å². The van der Waals surface area contributed by atoms with Crippen molar-refractivity contribution in [2.24, 2.45) is 12.5 Å². The van der Waals surface area contributed by atoms with E-state index in [-0.39, 0.29) is 0 Å². The Labute approximate surface area is 103 Å². The fraction of sp³-hybridized carbons (Fsp3) is 0.769. The van der Waals surface area contributed by atoms with Gasteiger partial charge in [0.1, 0.15) is 0 Å². The fourth-order valence-corrected chi connectivity index (χ4v) is 2.42. The molecule has 1 aliphatic carbocycles. The molecule has 0 saturated heterocycles. The van der Waals surface area contributed by atoms with Crippen LogP contribution in [0.2, 0.25) is 0 Å². The van der Waals surface area contributed by atoms with Gasteiger partial charge in [-0.25, -0.2) is 0 Å². The van der Waals surface area contributed by atoms with E-state index in [0.717, 1.165) is 25.9 Å². The Morgan fingerprint density at radius 2 is 2.29 bits per heavy atom. The Morgan fingerprint density at radius 1 is 1.53 bits per heavy atom. The Bertz CT molecular complexity index is 369. The molecule has 1 fully saturated rings. The molecule has 1 aromatic heterocycles. The first-order chi connectivity index (χ1) is 8.19. The number of hydrogen-bond donors (Lipinski definition) is 2. The summed E-state index contributed by atoms with van der Waals surface area (Å²) >= 11 is 0. The van der Waals surface area contributed by atoms with E-state index >= 15 is 0 Å². The predicted molar refractivity (Wildman–Crippen MR) is 67.7 cm³/mol. The largest absolute Gasteiger partial charge is 0.396 e. The van der Waals surface area contributed by atoms with E-state index in [0.29, 0.717) is 12.0 Å². The van der Waals surface area contributed by atoms with Gasteiger partial charge in [-0.05, 0) is 31.1 Å². The van der Waals surface area contributed by atoms with Gasteiger partial charge in [0.15, 0.2) is 0 Å². The van der Waals surface area contributed by atoms with Crippen LogP contribution < -0.4 is 5.32 Å². The normalized spacial score (nSPS) is 17.4. The summed E-state index contributed by atoms with van der Waals surface area (Å²) in [5.41, 5.74) is 2.88.